The Balaban J connectivity index is 4.89. The largest absolute Gasteiger partial charge is 0.386 e. The predicted octanol–water partition coefficient (Wildman–Crippen LogP) is 4.10. The van der Waals surface area contributed by atoms with E-state index in [4.69, 9.17) is 0 Å². The normalized spacial score (nSPS) is 18.8. The lowest BCUT2D eigenvalue weighted by Gasteiger charge is -2.21. The molecule has 18 heavy (non-hydrogen) atoms. The average molecular weight is 510 g/mol. The van der Waals surface area contributed by atoms with Gasteiger partial charge in [0.2, 0.25) is 0 Å². The highest BCUT2D eigenvalue weighted by atomic mass is 127. The van der Waals surface area contributed by atoms with E-state index in [1.54, 1.807) is 0 Å². The van der Waals surface area contributed by atoms with Gasteiger partial charge in [0.05, 0.1) is 16.1 Å². The minimum Gasteiger partial charge on any atom is -0.386 e. The average Bonchev–Trinajstić information content (AvgIpc) is 2.14. The van der Waals surface area contributed by atoms with E-state index in [-0.39, 0.29) is 0 Å². The van der Waals surface area contributed by atoms with Crippen molar-refractivity contribution >= 4 is 61.3 Å². The fourth-order valence-electron chi connectivity index (χ4n) is 0.997. The van der Waals surface area contributed by atoms with Crippen LogP contribution in [0.5, 0.6) is 0 Å². The zero-order valence-electron chi connectivity index (χ0n) is 12.0. The molecule has 0 radical (unpaired) electrons. The van der Waals surface area contributed by atoms with Crippen molar-refractivity contribution in [3.63, 3.8) is 0 Å². The maximum absolute atomic E-state index is 10.0. The van der Waals surface area contributed by atoms with Gasteiger partial charge in [0, 0.05) is 0 Å². The van der Waals surface area contributed by atoms with Crippen molar-refractivity contribution in [2.45, 2.75) is 51.5 Å². The lowest BCUT2D eigenvalue weighted by Crippen LogP contribution is -2.28. The molecule has 0 bridgehead atoms. The van der Waals surface area contributed by atoms with Crippen LogP contribution in [0.2, 0.25) is 39.3 Å². The standard InChI is InChI=1S/C12H24I2O2Si2/c1-17(2,3)11(13)7-9(15)10(16)8-12(14)18(4,5)6/h7-10,15-16H,1-6H3/b11-7+,12-8+/t9-,10-/m1/s1. The second-order valence-corrected chi connectivity index (χ2v) is 20.9. The minimum absolute atomic E-state index is 0.801. The van der Waals surface area contributed by atoms with E-state index in [9.17, 15) is 10.2 Å². The van der Waals surface area contributed by atoms with Crippen LogP contribution in [0.25, 0.3) is 0 Å². The summed E-state index contributed by atoms with van der Waals surface area (Å²) in [6, 6.07) is 0. The summed E-state index contributed by atoms with van der Waals surface area (Å²) in [5.41, 5.74) is 0. The molecule has 2 N–H and O–H groups in total. The molecule has 6 heteroatoms. The van der Waals surface area contributed by atoms with Crippen LogP contribution in [-0.2, 0) is 0 Å². The van der Waals surface area contributed by atoms with Gasteiger partial charge in [0.1, 0.15) is 12.2 Å². The van der Waals surface area contributed by atoms with E-state index in [2.05, 4.69) is 84.5 Å². The molecule has 0 saturated heterocycles. The Bertz CT molecular complexity index is 307. The van der Waals surface area contributed by atoms with Gasteiger partial charge in [-0.2, -0.15) is 0 Å². The van der Waals surface area contributed by atoms with E-state index >= 15 is 0 Å². The van der Waals surface area contributed by atoms with Gasteiger partial charge in [-0.3, -0.25) is 0 Å². The molecule has 2 nitrogen and oxygen atoms in total. The summed E-state index contributed by atoms with van der Waals surface area (Å²) in [6.07, 6.45) is 2.01. The summed E-state index contributed by atoms with van der Waals surface area (Å²) in [5, 5.41) is 20.0. The Kier molecular flexibility index (Phi) is 7.87. The van der Waals surface area contributed by atoms with Crippen LogP contribution in [0.3, 0.4) is 0 Å². The summed E-state index contributed by atoms with van der Waals surface area (Å²) >= 11 is 4.57. The number of halogens is 2. The van der Waals surface area contributed by atoms with Gasteiger partial charge >= 0.3 is 0 Å². The Morgan fingerprint density at radius 1 is 0.778 bits per heavy atom. The molecule has 0 amide bonds. The Morgan fingerprint density at radius 3 is 1.17 bits per heavy atom. The van der Waals surface area contributed by atoms with Crippen molar-refractivity contribution < 1.29 is 10.2 Å². The zero-order valence-corrected chi connectivity index (χ0v) is 18.3. The predicted molar refractivity (Wildman–Crippen MR) is 103 cm³/mol. The lowest BCUT2D eigenvalue weighted by atomic mass is 10.2. The number of aliphatic hydroxyl groups is 2. The van der Waals surface area contributed by atoms with Crippen molar-refractivity contribution in [3.05, 3.63) is 18.6 Å². The number of hydrogen-bond donors (Lipinski definition) is 2. The quantitative estimate of drug-likeness (QED) is 0.432. The second-order valence-electron chi connectivity index (χ2n) is 6.51. The van der Waals surface area contributed by atoms with Crippen LogP contribution in [0.4, 0.5) is 0 Å². The van der Waals surface area contributed by atoms with Gasteiger partial charge in [0.25, 0.3) is 0 Å². The highest BCUT2D eigenvalue weighted by Crippen LogP contribution is 2.25. The van der Waals surface area contributed by atoms with Crippen molar-refractivity contribution in [3.8, 4) is 0 Å². The van der Waals surface area contributed by atoms with Crippen LogP contribution >= 0.6 is 45.2 Å². The molecule has 0 spiro atoms. The van der Waals surface area contributed by atoms with Crippen LogP contribution in [0.15, 0.2) is 18.6 Å². The molecule has 0 fully saturated rings. The highest BCUT2D eigenvalue weighted by Gasteiger charge is 2.23. The first-order valence-electron chi connectivity index (χ1n) is 5.97. The Labute approximate surface area is 140 Å². The minimum atomic E-state index is -1.38. The first kappa shape index (κ1) is 19.3. The molecule has 0 unspecified atom stereocenters. The maximum Gasteiger partial charge on any atom is 0.102 e. The second kappa shape index (κ2) is 7.34. The SMILES string of the molecule is C[Si](C)(C)/C(I)=C/[C@@H](O)[C@H](O)/C=C(\I)[Si](C)(C)C. The monoisotopic (exact) mass is 510 g/mol. The highest BCUT2D eigenvalue weighted by molar-refractivity contribution is 14.1. The topological polar surface area (TPSA) is 40.5 Å². The van der Waals surface area contributed by atoms with Gasteiger partial charge < -0.3 is 10.2 Å². The van der Waals surface area contributed by atoms with Crippen LogP contribution < -0.4 is 0 Å². The molecule has 2 atom stereocenters. The van der Waals surface area contributed by atoms with E-state index in [1.165, 1.54) is 6.41 Å². The van der Waals surface area contributed by atoms with Crippen LogP contribution in [-0.4, -0.2) is 38.6 Å². The van der Waals surface area contributed by atoms with Gasteiger partial charge in [-0.25, -0.2) is 0 Å². The molecule has 0 aromatic carbocycles. The summed E-state index contributed by atoms with van der Waals surface area (Å²) < 4.78 is 2.39. The van der Waals surface area contributed by atoms with E-state index in [0.29, 0.717) is 0 Å². The molecule has 0 rings (SSSR count). The molecule has 0 aliphatic heterocycles. The van der Waals surface area contributed by atoms with Crippen LogP contribution in [0.1, 0.15) is 0 Å². The maximum atomic E-state index is 10.0. The Morgan fingerprint density at radius 2 is 1.00 bits per heavy atom. The summed E-state index contributed by atoms with van der Waals surface area (Å²) in [6.45, 7) is 13.4. The molecule has 0 saturated carbocycles. The van der Waals surface area contributed by atoms with Crippen molar-refractivity contribution in [2.75, 3.05) is 0 Å². The molecule has 0 aliphatic carbocycles. The van der Waals surface area contributed by atoms with Gasteiger partial charge in [-0.05, 0) is 18.6 Å². The summed E-state index contributed by atoms with van der Waals surface area (Å²) in [5.74, 6) is 0. The van der Waals surface area contributed by atoms with Crippen molar-refractivity contribution in [1.29, 1.82) is 0 Å². The third kappa shape index (κ3) is 7.18. The molecule has 0 aromatic heterocycles. The van der Waals surface area contributed by atoms with Crippen molar-refractivity contribution in [2.24, 2.45) is 0 Å². The molecule has 0 heterocycles. The molecule has 0 aliphatic rings. The number of hydrogen-bond acceptors (Lipinski definition) is 2. The third-order valence-corrected chi connectivity index (χ3v) is 16.0. The van der Waals surface area contributed by atoms with Crippen LogP contribution in [0, 0.1) is 0 Å². The summed E-state index contributed by atoms with van der Waals surface area (Å²) in [4.78, 5) is 0. The first-order valence-corrected chi connectivity index (χ1v) is 15.1. The number of aliphatic hydroxyl groups excluding tert-OH is 2. The van der Waals surface area contributed by atoms with E-state index < -0.39 is 28.4 Å². The van der Waals surface area contributed by atoms with Gasteiger partial charge in [-0.1, -0.05) is 84.5 Å². The molecule has 106 valence electrons. The summed E-state index contributed by atoms with van der Waals surface area (Å²) in [7, 11) is -2.77. The zero-order chi connectivity index (χ0) is 14.7. The van der Waals surface area contributed by atoms with Gasteiger partial charge in [0.15, 0.2) is 0 Å². The third-order valence-electron chi connectivity index (χ3n) is 2.42. The molecular formula is C12H24I2O2Si2. The van der Waals surface area contributed by atoms with E-state index in [0.717, 1.165) is 0 Å². The van der Waals surface area contributed by atoms with Gasteiger partial charge in [-0.15, -0.1) is 0 Å². The fourth-order valence-corrected chi connectivity index (χ4v) is 3.08. The first-order chi connectivity index (χ1) is 7.85. The van der Waals surface area contributed by atoms with E-state index in [1.807, 2.05) is 12.2 Å². The molecule has 0 aromatic rings. The number of rotatable bonds is 5. The fraction of sp³-hybridized carbons (Fsp3) is 0.667. The smallest absolute Gasteiger partial charge is 0.102 e. The Hall–Kier alpha value is 1.29. The van der Waals surface area contributed by atoms with Crippen molar-refractivity contribution in [1.82, 2.24) is 0 Å². The molecular weight excluding hydrogens is 486 g/mol. The lowest BCUT2D eigenvalue weighted by molar-refractivity contribution is 0.0809.